The first-order chi connectivity index (χ1) is 8.06. The number of nitrogens with two attached hydrogens (primary N) is 1. The molecule has 1 unspecified atom stereocenters. The zero-order chi connectivity index (χ0) is 12.8. The number of hydrogen-bond donors (Lipinski definition) is 2. The molecule has 5 heteroatoms. The maximum Gasteiger partial charge on any atom is 0.239 e. The van der Waals surface area contributed by atoms with Crippen molar-refractivity contribution in [3.05, 3.63) is 33.8 Å². The van der Waals surface area contributed by atoms with Crippen LogP contribution in [0.3, 0.4) is 0 Å². The van der Waals surface area contributed by atoms with Crippen molar-refractivity contribution < 1.29 is 9.53 Å². The summed E-state index contributed by atoms with van der Waals surface area (Å²) in [6.07, 6.45) is 0. The molecule has 0 aromatic heterocycles. The van der Waals surface area contributed by atoms with Crippen LogP contribution in [0.15, 0.2) is 22.7 Å². The van der Waals surface area contributed by atoms with Crippen LogP contribution >= 0.6 is 15.9 Å². The molecule has 0 spiro atoms. The standard InChI is InChI=1S/C12H17BrN2O2/c1-8-3-4-9(7-10(8)13)11(12(14)16)15-5-6-17-2/h3-4,7,11,15H,5-6H2,1-2H3,(H2,14,16). The number of nitrogens with one attached hydrogen (secondary N) is 1. The van der Waals surface area contributed by atoms with Crippen molar-refractivity contribution in [2.24, 2.45) is 5.73 Å². The fourth-order valence-corrected chi connectivity index (χ4v) is 1.87. The molecule has 0 saturated heterocycles. The second-order valence-electron chi connectivity index (χ2n) is 3.79. The van der Waals surface area contributed by atoms with Gasteiger partial charge in [-0.15, -0.1) is 0 Å². The molecular weight excluding hydrogens is 284 g/mol. The second-order valence-corrected chi connectivity index (χ2v) is 4.65. The average molecular weight is 301 g/mol. The van der Waals surface area contributed by atoms with Crippen molar-refractivity contribution in [1.29, 1.82) is 0 Å². The van der Waals surface area contributed by atoms with Crippen molar-refractivity contribution >= 4 is 21.8 Å². The van der Waals surface area contributed by atoms with E-state index < -0.39 is 11.9 Å². The number of benzene rings is 1. The lowest BCUT2D eigenvalue weighted by Gasteiger charge is -2.16. The number of ether oxygens (including phenoxy) is 1. The van der Waals surface area contributed by atoms with Gasteiger partial charge in [-0.05, 0) is 24.1 Å². The number of aryl methyl sites for hydroxylation is 1. The van der Waals surface area contributed by atoms with Crippen LogP contribution in [0.1, 0.15) is 17.2 Å². The van der Waals surface area contributed by atoms with E-state index in [9.17, 15) is 4.79 Å². The summed E-state index contributed by atoms with van der Waals surface area (Å²) >= 11 is 3.44. The Kier molecular flexibility index (Phi) is 5.61. The topological polar surface area (TPSA) is 64.3 Å². The Labute approximate surface area is 110 Å². The molecule has 0 aliphatic carbocycles. The Hall–Kier alpha value is -0.910. The van der Waals surface area contributed by atoms with Crippen molar-refractivity contribution in [1.82, 2.24) is 5.32 Å². The first-order valence-corrected chi connectivity index (χ1v) is 6.13. The quantitative estimate of drug-likeness (QED) is 0.783. The molecule has 0 radical (unpaired) electrons. The van der Waals surface area contributed by atoms with Gasteiger partial charge in [0.2, 0.25) is 5.91 Å². The van der Waals surface area contributed by atoms with Crippen LogP contribution in [0.2, 0.25) is 0 Å². The predicted molar refractivity (Wildman–Crippen MR) is 70.7 cm³/mol. The molecule has 0 saturated carbocycles. The maximum absolute atomic E-state index is 11.4. The number of methoxy groups -OCH3 is 1. The van der Waals surface area contributed by atoms with Crippen molar-refractivity contribution in [3.63, 3.8) is 0 Å². The van der Waals surface area contributed by atoms with Gasteiger partial charge >= 0.3 is 0 Å². The summed E-state index contributed by atoms with van der Waals surface area (Å²) in [5.41, 5.74) is 7.35. The van der Waals surface area contributed by atoms with E-state index in [-0.39, 0.29) is 0 Å². The molecular formula is C12H17BrN2O2. The van der Waals surface area contributed by atoms with Crippen LogP contribution in [0, 0.1) is 6.92 Å². The molecule has 94 valence electrons. The lowest BCUT2D eigenvalue weighted by atomic mass is 10.0. The SMILES string of the molecule is COCCNC(C(N)=O)c1ccc(C)c(Br)c1. The third-order valence-corrected chi connectivity index (χ3v) is 3.32. The van der Waals surface area contributed by atoms with E-state index in [1.807, 2.05) is 25.1 Å². The minimum absolute atomic E-state index is 0.392. The monoisotopic (exact) mass is 300 g/mol. The molecule has 0 bridgehead atoms. The van der Waals surface area contributed by atoms with Gasteiger partial charge in [0.05, 0.1) is 6.61 Å². The highest BCUT2D eigenvalue weighted by atomic mass is 79.9. The number of primary amides is 1. The van der Waals surface area contributed by atoms with Crippen LogP contribution in [-0.4, -0.2) is 26.2 Å². The third-order valence-electron chi connectivity index (χ3n) is 2.47. The van der Waals surface area contributed by atoms with E-state index in [2.05, 4.69) is 21.2 Å². The largest absolute Gasteiger partial charge is 0.383 e. The Morgan fingerprint density at radius 1 is 1.59 bits per heavy atom. The number of halogens is 1. The number of carbonyl (C=O) groups excluding carboxylic acids is 1. The maximum atomic E-state index is 11.4. The summed E-state index contributed by atoms with van der Waals surface area (Å²) in [5.74, 6) is -0.392. The van der Waals surface area contributed by atoms with Crippen molar-refractivity contribution in [3.8, 4) is 0 Å². The Morgan fingerprint density at radius 2 is 2.29 bits per heavy atom. The van der Waals surface area contributed by atoms with Crippen molar-refractivity contribution in [2.45, 2.75) is 13.0 Å². The number of hydrogen-bond acceptors (Lipinski definition) is 3. The van der Waals surface area contributed by atoms with E-state index in [4.69, 9.17) is 10.5 Å². The van der Waals surface area contributed by atoms with Crippen LogP contribution < -0.4 is 11.1 Å². The van der Waals surface area contributed by atoms with E-state index in [0.29, 0.717) is 13.2 Å². The van der Waals surface area contributed by atoms with Gasteiger partial charge in [-0.2, -0.15) is 0 Å². The van der Waals surface area contributed by atoms with Crippen LogP contribution in [-0.2, 0) is 9.53 Å². The number of carbonyl (C=O) groups is 1. The first-order valence-electron chi connectivity index (χ1n) is 5.34. The zero-order valence-electron chi connectivity index (χ0n) is 10.00. The number of amides is 1. The molecule has 17 heavy (non-hydrogen) atoms. The lowest BCUT2D eigenvalue weighted by molar-refractivity contribution is -0.120. The van der Waals surface area contributed by atoms with Crippen LogP contribution in [0.5, 0.6) is 0 Å². The highest BCUT2D eigenvalue weighted by Crippen LogP contribution is 2.21. The summed E-state index contributed by atoms with van der Waals surface area (Å²) in [7, 11) is 1.61. The smallest absolute Gasteiger partial charge is 0.239 e. The van der Waals surface area contributed by atoms with E-state index in [0.717, 1.165) is 15.6 Å². The van der Waals surface area contributed by atoms with Gasteiger partial charge in [-0.25, -0.2) is 0 Å². The molecule has 1 atom stereocenters. The lowest BCUT2D eigenvalue weighted by Crippen LogP contribution is -2.35. The molecule has 0 aliphatic rings. The fourth-order valence-electron chi connectivity index (χ4n) is 1.48. The fraction of sp³-hybridized carbons (Fsp3) is 0.417. The van der Waals surface area contributed by atoms with Gasteiger partial charge in [0.25, 0.3) is 0 Å². The van der Waals surface area contributed by atoms with Gasteiger partial charge < -0.3 is 10.5 Å². The van der Waals surface area contributed by atoms with E-state index in [1.54, 1.807) is 7.11 Å². The molecule has 1 aromatic rings. The van der Waals surface area contributed by atoms with Crippen LogP contribution in [0.25, 0.3) is 0 Å². The number of rotatable bonds is 6. The molecule has 1 aromatic carbocycles. The highest BCUT2D eigenvalue weighted by molar-refractivity contribution is 9.10. The van der Waals surface area contributed by atoms with Crippen LogP contribution in [0.4, 0.5) is 0 Å². The molecule has 3 N–H and O–H groups in total. The Morgan fingerprint density at radius 3 is 2.82 bits per heavy atom. The van der Waals surface area contributed by atoms with Gasteiger partial charge in [0.1, 0.15) is 6.04 Å². The molecule has 4 nitrogen and oxygen atoms in total. The average Bonchev–Trinajstić information content (AvgIpc) is 2.28. The normalized spacial score (nSPS) is 12.4. The van der Waals surface area contributed by atoms with Crippen molar-refractivity contribution in [2.75, 3.05) is 20.3 Å². The Balaban J connectivity index is 2.82. The summed E-state index contributed by atoms with van der Waals surface area (Å²) in [4.78, 5) is 11.4. The molecule has 0 heterocycles. The van der Waals surface area contributed by atoms with Gasteiger partial charge in [-0.3, -0.25) is 10.1 Å². The van der Waals surface area contributed by atoms with Gasteiger partial charge in [0.15, 0.2) is 0 Å². The van der Waals surface area contributed by atoms with Gasteiger partial charge in [0, 0.05) is 18.1 Å². The highest BCUT2D eigenvalue weighted by Gasteiger charge is 2.17. The Bertz CT molecular complexity index is 396. The van der Waals surface area contributed by atoms with E-state index in [1.165, 1.54) is 0 Å². The minimum atomic E-state index is -0.484. The summed E-state index contributed by atoms with van der Waals surface area (Å²) in [6, 6.07) is 5.27. The summed E-state index contributed by atoms with van der Waals surface area (Å²) in [5, 5.41) is 3.06. The molecule has 1 amide bonds. The zero-order valence-corrected chi connectivity index (χ0v) is 11.6. The third kappa shape index (κ3) is 4.11. The predicted octanol–water partition coefficient (Wildman–Crippen LogP) is 1.52. The molecule has 0 aliphatic heterocycles. The van der Waals surface area contributed by atoms with Gasteiger partial charge in [-0.1, -0.05) is 28.1 Å². The minimum Gasteiger partial charge on any atom is -0.383 e. The summed E-state index contributed by atoms with van der Waals surface area (Å²) in [6.45, 7) is 3.11. The second kappa shape index (κ2) is 6.74. The summed E-state index contributed by atoms with van der Waals surface area (Å²) < 4.78 is 5.89. The molecule has 1 rings (SSSR count). The van der Waals surface area contributed by atoms with E-state index >= 15 is 0 Å². The first kappa shape index (κ1) is 14.2. The molecule has 0 fully saturated rings.